The summed E-state index contributed by atoms with van der Waals surface area (Å²) < 4.78 is 5.20. The van der Waals surface area contributed by atoms with Crippen LogP contribution in [-0.2, 0) is 11.3 Å². The number of carbonyl (C=O) groups excluding carboxylic acids is 1. The van der Waals surface area contributed by atoms with Crippen molar-refractivity contribution in [1.29, 1.82) is 5.26 Å². The fourth-order valence-corrected chi connectivity index (χ4v) is 1.51. The molecule has 0 aromatic carbocycles. The number of nitrogens with zero attached hydrogens (tertiary/aromatic N) is 1. The van der Waals surface area contributed by atoms with Crippen LogP contribution in [0.1, 0.15) is 24.4 Å². The summed E-state index contributed by atoms with van der Waals surface area (Å²) in [5, 5.41) is 14.6. The number of hydrogen-bond donors (Lipinski definition) is 2. The van der Waals surface area contributed by atoms with Gasteiger partial charge in [0.25, 0.3) is 0 Å². The molecule has 1 heterocycles. The summed E-state index contributed by atoms with van der Waals surface area (Å²) in [4.78, 5) is 11.3. The molecule has 1 saturated carbocycles. The molecule has 1 aliphatic rings. The Labute approximate surface area is 99.8 Å². The van der Waals surface area contributed by atoms with Crippen LogP contribution >= 0.6 is 0 Å². The Balaban J connectivity index is 1.56. The lowest BCUT2D eigenvalue weighted by Crippen LogP contribution is -2.32. The van der Waals surface area contributed by atoms with Gasteiger partial charge in [0, 0.05) is 19.0 Å². The molecule has 0 spiro atoms. The highest BCUT2D eigenvalue weighted by atomic mass is 16.3. The maximum Gasteiger partial charge on any atom is 0.223 e. The van der Waals surface area contributed by atoms with Gasteiger partial charge in [-0.1, -0.05) is 0 Å². The second-order valence-electron chi connectivity index (χ2n) is 4.12. The van der Waals surface area contributed by atoms with Crippen LogP contribution in [0.2, 0.25) is 0 Å². The summed E-state index contributed by atoms with van der Waals surface area (Å²) in [6, 6.07) is 5.35. The number of furan rings is 1. The van der Waals surface area contributed by atoms with E-state index < -0.39 is 0 Å². The van der Waals surface area contributed by atoms with E-state index in [2.05, 4.69) is 10.6 Å². The minimum Gasteiger partial charge on any atom is -0.449 e. The van der Waals surface area contributed by atoms with Crippen molar-refractivity contribution in [3.63, 3.8) is 0 Å². The summed E-state index contributed by atoms with van der Waals surface area (Å²) in [6.45, 7) is 1.89. The fourth-order valence-electron chi connectivity index (χ4n) is 1.51. The third-order valence-electron chi connectivity index (χ3n) is 2.62. The van der Waals surface area contributed by atoms with Gasteiger partial charge < -0.3 is 15.1 Å². The lowest BCUT2D eigenvalue weighted by Gasteiger charge is -2.04. The lowest BCUT2D eigenvalue weighted by atomic mass is 10.4. The molecule has 0 radical (unpaired) electrons. The Kier molecular flexibility index (Phi) is 3.78. The van der Waals surface area contributed by atoms with Gasteiger partial charge in [0.05, 0.1) is 6.54 Å². The molecule has 5 heteroatoms. The molecule has 0 atom stereocenters. The zero-order chi connectivity index (χ0) is 12.1. The quantitative estimate of drug-likeness (QED) is 0.711. The van der Waals surface area contributed by atoms with E-state index >= 15 is 0 Å². The monoisotopic (exact) mass is 233 g/mol. The van der Waals surface area contributed by atoms with E-state index in [1.165, 1.54) is 0 Å². The summed E-state index contributed by atoms with van der Waals surface area (Å²) in [7, 11) is 0. The molecule has 0 bridgehead atoms. The molecule has 2 N–H and O–H groups in total. The van der Waals surface area contributed by atoms with E-state index in [4.69, 9.17) is 9.68 Å². The van der Waals surface area contributed by atoms with E-state index in [1.54, 1.807) is 12.1 Å². The average Bonchev–Trinajstić information content (AvgIpc) is 3.09. The van der Waals surface area contributed by atoms with Gasteiger partial charge in [-0.3, -0.25) is 4.79 Å². The Hall–Kier alpha value is -1.80. The van der Waals surface area contributed by atoms with Crippen LogP contribution in [0.4, 0.5) is 0 Å². The molecule has 1 aromatic heterocycles. The molecule has 1 aliphatic carbocycles. The van der Waals surface area contributed by atoms with Gasteiger partial charge in [0.2, 0.25) is 11.7 Å². The van der Waals surface area contributed by atoms with Gasteiger partial charge in [0.1, 0.15) is 11.8 Å². The maximum atomic E-state index is 11.3. The summed E-state index contributed by atoms with van der Waals surface area (Å²) in [6.07, 6.45) is 2.06. The number of nitriles is 1. The van der Waals surface area contributed by atoms with Crippen molar-refractivity contribution >= 4 is 5.91 Å². The second-order valence-corrected chi connectivity index (χ2v) is 4.12. The molecule has 1 amide bonds. The molecular formula is C12H15N3O2. The maximum absolute atomic E-state index is 11.3. The van der Waals surface area contributed by atoms with E-state index in [0.29, 0.717) is 25.4 Å². The predicted molar refractivity (Wildman–Crippen MR) is 60.9 cm³/mol. The molecule has 5 nitrogen and oxygen atoms in total. The fraction of sp³-hybridized carbons (Fsp3) is 0.500. The highest BCUT2D eigenvalue weighted by molar-refractivity contribution is 5.80. The van der Waals surface area contributed by atoms with Crippen LogP contribution in [0.5, 0.6) is 0 Å². The van der Waals surface area contributed by atoms with Crippen molar-refractivity contribution in [1.82, 2.24) is 10.6 Å². The minimum absolute atomic E-state index is 0.163. The smallest absolute Gasteiger partial charge is 0.223 e. The van der Waals surface area contributed by atoms with Crippen molar-refractivity contribution < 1.29 is 9.21 Å². The molecule has 17 heavy (non-hydrogen) atoms. The van der Waals surface area contributed by atoms with Crippen molar-refractivity contribution in [3.05, 3.63) is 23.7 Å². The van der Waals surface area contributed by atoms with Crippen LogP contribution < -0.4 is 10.6 Å². The lowest BCUT2D eigenvalue weighted by molar-refractivity contribution is -0.122. The Bertz CT molecular complexity index is 429. The molecule has 1 aromatic rings. The van der Waals surface area contributed by atoms with Gasteiger partial charge in [-0.15, -0.1) is 0 Å². The van der Waals surface area contributed by atoms with Gasteiger partial charge in [-0.05, 0) is 25.0 Å². The highest BCUT2D eigenvalue weighted by Crippen LogP contribution is 2.28. The van der Waals surface area contributed by atoms with E-state index in [1.807, 2.05) is 6.07 Å². The third-order valence-corrected chi connectivity index (χ3v) is 2.62. The predicted octanol–water partition coefficient (Wildman–Crippen LogP) is 0.767. The second kappa shape index (κ2) is 5.51. The van der Waals surface area contributed by atoms with Gasteiger partial charge in [0.15, 0.2) is 0 Å². The number of carbonyl (C=O) groups is 1. The SMILES string of the molecule is N#Cc1ccc(CNCCNC(=O)C2CC2)o1. The van der Waals surface area contributed by atoms with Crippen LogP contribution in [-0.4, -0.2) is 19.0 Å². The first-order valence-corrected chi connectivity index (χ1v) is 5.77. The van der Waals surface area contributed by atoms with E-state index in [-0.39, 0.29) is 11.8 Å². The zero-order valence-corrected chi connectivity index (χ0v) is 9.53. The number of nitrogens with one attached hydrogen (secondary N) is 2. The van der Waals surface area contributed by atoms with Crippen LogP contribution in [0.25, 0.3) is 0 Å². The van der Waals surface area contributed by atoms with E-state index in [9.17, 15) is 4.79 Å². The number of hydrogen-bond acceptors (Lipinski definition) is 4. The standard InChI is InChI=1S/C12H15N3O2/c13-7-10-3-4-11(17-10)8-14-5-6-15-12(16)9-1-2-9/h3-4,9,14H,1-2,5-6,8H2,(H,15,16). The molecule has 2 rings (SSSR count). The van der Waals surface area contributed by atoms with Crippen molar-refractivity contribution in [3.8, 4) is 6.07 Å². The van der Waals surface area contributed by atoms with Crippen molar-refractivity contribution in [2.75, 3.05) is 13.1 Å². The molecule has 0 aliphatic heterocycles. The molecule has 90 valence electrons. The first kappa shape index (κ1) is 11.7. The molecular weight excluding hydrogens is 218 g/mol. The molecule has 0 unspecified atom stereocenters. The summed E-state index contributed by atoms with van der Waals surface area (Å²) in [5.41, 5.74) is 0. The molecule has 0 saturated heterocycles. The van der Waals surface area contributed by atoms with Crippen molar-refractivity contribution in [2.24, 2.45) is 5.92 Å². The first-order valence-electron chi connectivity index (χ1n) is 5.77. The minimum atomic E-state index is 0.163. The largest absolute Gasteiger partial charge is 0.449 e. The zero-order valence-electron chi connectivity index (χ0n) is 9.53. The van der Waals surface area contributed by atoms with Crippen molar-refractivity contribution in [2.45, 2.75) is 19.4 Å². The number of rotatable bonds is 6. The van der Waals surface area contributed by atoms with Crippen LogP contribution in [0.3, 0.4) is 0 Å². The topological polar surface area (TPSA) is 78.1 Å². The third kappa shape index (κ3) is 3.61. The van der Waals surface area contributed by atoms with Gasteiger partial charge in [-0.25, -0.2) is 0 Å². The Morgan fingerprint density at radius 1 is 1.47 bits per heavy atom. The van der Waals surface area contributed by atoms with E-state index in [0.717, 1.165) is 18.6 Å². The van der Waals surface area contributed by atoms with Crippen LogP contribution in [0, 0.1) is 17.2 Å². The van der Waals surface area contributed by atoms with Gasteiger partial charge in [-0.2, -0.15) is 5.26 Å². The molecule has 1 fully saturated rings. The summed E-state index contributed by atoms with van der Waals surface area (Å²) >= 11 is 0. The highest BCUT2D eigenvalue weighted by Gasteiger charge is 2.28. The average molecular weight is 233 g/mol. The summed E-state index contributed by atoms with van der Waals surface area (Å²) in [5.74, 6) is 1.48. The van der Waals surface area contributed by atoms with Gasteiger partial charge >= 0.3 is 0 Å². The first-order chi connectivity index (χ1) is 8.29. The Morgan fingerprint density at radius 2 is 2.29 bits per heavy atom. The Morgan fingerprint density at radius 3 is 2.94 bits per heavy atom. The normalized spacial score (nSPS) is 14.3. The number of amides is 1. The van der Waals surface area contributed by atoms with Crippen LogP contribution in [0.15, 0.2) is 16.5 Å².